The van der Waals surface area contributed by atoms with Crippen LogP contribution in [0.25, 0.3) is 11.4 Å². The van der Waals surface area contributed by atoms with E-state index in [4.69, 9.17) is 0 Å². The summed E-state index contributed by atoms with van der Waals surface area (Å²) < 4.78 is 2.20. The van der Waals surface area contributed by atoms with Crippen LogP contribution in [0.2, 0.25) is 0 Å². The maximum atomic E-state index is 4.48. The molecule has 0 saturated heterocycles. The van der Waals surface area contributed by atoms with Crippen LogP contribution in [0.15, 0.2) is 53.7 Å². The highest BCUT2D eigenvalue weighted by Gasteiger charge is 2.14. The molecule has 0 aliphatic carbocycles. The van der Waals surface area contributed by atoms with Gasteiger partial charge < -0.3 is 9.47 Å². The van der Waals surface area contributed by atoms with E-state index in [-0.39, 0.29) is 0 Å². The van der Waals surface area contributed by atoms with Crippen molar-refractivity contribution in [3.63, 3.8) is 0 Å². The summed E-state index contributed by atoms with van der Waals surface area (Å²) in [5.41, 5.74) is 4.97. The zero-order valence-corrected chi connectivity index (χ0v) is 17.5. The first-order chi connectivity index (χ1) is 13.2. The van der Waals surface area contributed by atoms with E-state index < -0.39 is 0 Å². The van der Waals surface area contributed by atoms with E-state index >= 15 is 0 Å². The minimum absolute atomic E-state index is 0.857. The second-order valence-corrected chi connectivity index (χ2v) is 7.49. The van der Waals surface area contributed by atoms with E-state index in [1.54, 1.807) is 11.8 Å². The molecule has 0 saturated carbocycles. The van der Waals surface area contributed by atoms with Crippen molar-refractivity contribution in [1.29, 1.82) is 0 Å². The first kappa shape index (κ1) is 19.5. The summed E-state index contributed by atoms with van der Waals surface area (Å²) in [6.45, 7) is 11.5. The molecule has 0 radical (unpaired) electrons. The molecule has 5 heteroatoms. The van der Waals surface area contributed by atoms with Crippen molar-refractivity contribution in [2.45, 2.75) is 45.1 Å². The smallest absolute Gasteiger partial charge is 0.191 e. The van der Waals surface area contributed by atoms with Crippen LogP contribution in [-0.4, -0.2) is 27.9 Å². The molecule has 142 valence electrons. The molecule has 0 N–H and O–H groups in total. The van der Waals surface area contributed by atoms with Gasteiger partial charge in [0.05, 0.1) is 0 Å². The molecule has 0 unspecified atom stereocenters. The van der Waals surface area contributed by atoms with Crippen molar-refractivity contribution in [1.82, 2.24) is 14.8 Å². The summed E-state index contributed by atoms with van der Waals surface area (Å²) in [6, 6.07) is 17.3. The van der Waals surface area contributed by atoms with Crippen LogP contribution in [0.5, 0.6) is 0 Å². The molecule has 2 aromatic carbocycles. The zero-order valence-electron chi connectivity index (χ0n) is 16.6. The number of hydrogen-bond donors (Lipinski definition) is 0. The van der Waals surface area contributed by atoms with Gasteiger partial charge in [-0.25, -0.2) is 0 Å². The fourth-order valence-electron chi connectivity index (χ4n) is 3.25. The van der Waals surface area contributed by atoms with Crippen LogP contribution in [0.4, 0.5) is 5.69 Å². The minimum Gasteiger partial charge on any atom is -0.372 e. The van der Waals surface area contributed by atoms with E-state index in [0.29, 0.717) is 0 Å². The highest BCUT2D eigenvalue weighted by molar-refractivity contribution is 7.98. The molecule has 0 bridgehead atoms. The Morgan fingerprint density at radius 1 is 0.963 bits per heavy atom. The Hall–Kier alpha value is -2.27. The number of thioether (sulfide) groups is 1. The molecule has 0 spiro atoms. The lowest BCUT2D eigenvalue weighted by atomic mass is 10.2. The second kappa shape index (κ2) is 9.09. The number of aromatic nitrogens is 3. The first-order valence-electron chi connectivity index (χ1n) is 9.63. The Morgan fingerprint density at radius 3 is 2.33 bits per heavy atom. The highest BCUT2D eigenvalue weighted by Crippen LogP contribution is 2.28. The normalized spacial score (nSPS) is 11.0. The molecule has 0 fully saturated rings. The number of aryl methyl sites for hydroxylation is 1. The molecule has 1 aromatic heterocycles. The molecule has 0 aliphatic heterocycles. The lowest BCUT2D eigenvalue weighted by Gasteiger charge is -2.21. The van der Waals surface area contributed by atoms with Gasteiger partial charge in [-0.15, -0.1) is 10.2 Å². The van der Waals surface area contributed by atoms with Gasteiger partial charge in [-0.1, -0.05) is 41.6 Å². The van der Waals surface area contributed by atoms with Crippen LogP contribution >= 0.6 is 11.8 Å². The lowest BCUT2D eigenvalue weighted by Crippen LogP contribution is -2.21. The average Bonchev–Trinajstić information content (AvgIpc) is 3.11. The lowest BCUT2D eigenvalue weighted by molar-refractivity contribution is 0.687. The maximum absolute atomic E-state index is 4.48. The molecule has 1 heterocycles. The van der Waals surface area contributed by atoms with Crippen molar-refractivity contribution < 1.29 is 0 Å². The first-order valence-corrected chi connectivity index (χ1v) is 10.6. The van der Waals surface area contributed by atoms with E-state index in [1.807, 2.05) is 0 Å². The molecule has 0 atom stereocenters. The van der Waals surface area contributed by atoms with E-state index in [1.165, 1.54) is 16.8 Å². The van der Waals surface area contributed by atoms with Gasteiger partial charge in [0, 0.05) is 36.6 Å². The van der Waals surface area contributed by atoms with Crippen molar-refractivity contribution in [2.75, 3.05) is 18.0 Å². The van der Waals surface area contributed by atoms with Crippen molar-refractivity contribution in [3.05, 3.63) is 59.7 Å². The molecule has 3 rings (SSSR count). The van der Waals surface area contributed by atoms with Crippen LogP contribution in [0.3, 0.4) is 0 Å². The van der Waals surface area contributed by atoms with Gasteiger partial charge in [0.2, 0.25) is 0 Å². The Kier molecular flexibility index (Phi) is 6.56. The Bertz CT molecular complexity index is 866. The molecule has 27 heavy (non-hydrogen) atoms. The van der Waals surface area contributed by atoms with E-state index in [2.05, 4.69) is 95.9 Å². The third-order valence-electron chi connectivity index (χ3n) is 4.74. The highest BCUT2D eigenvalue weighted by atomic mass is 32.2. The van der Waals surface area contributed by atoms with Crippen LogP contribution < -0.4 is 4.90 Å². The molecule has 3 aromatic rings. The molecule has 4 nitrogen and oxygen atoms in total. The van der Waals surface area contributed by atoms with Gasteiger partial charge in [0.15, 0.2) is 11.0 Å². The number of rotatable bonds is 8. The zero-order chi connectivity index (χ0) is 19.2. The predicted molar refractivity (Wildman–Crippen MR) is 115 cm³/mol. The second-order valence-electron chi connectivity index (χ2n) is 6.55. The number of benzene rings is 2. The SMILES string of the molecule is CCN(CC)c1ccc(-c2nnc(SCc3cccc(C)c3)n2CC)cc1. The average molecular weight is 381 g/mol. The Balaban J connectivity index is 1.79. The number of anilines is 1. The quantitative estimate of drug-likeness (QED) is 0.489. The van der Waals surface area contributed by atoms with Gasteiger partial charge in [0.1, 0.15) is 0 Å². The standard InChI is InChI=1S/C22H28N4S/c1-5-25(6-2)20-13-11-19(12-14-20)21-23-24-22(26(21)7-3)27-16-18-10-8-9-17(4)15-18/h8-15H,5-7,16H2,1-4H3. The summed E-state index contributed by atoms with van der Waals surface area (Å²) >= 11 is 1.75. The fraction of sp³-hybridized carbons (Fsp3) is 0.364. The minimum atomic E-state index is 0.857. The molecule has 0 amide bonds. The van der Waals surface area contributed by atoms with Gasteiger partial charge in [-0.3, -0.25) is 0 Å². The van der Waals surface area contributed by atoms with Crippen LogP contribution in [-0.2, 0) is 12.3 Å². The summed E-state index contributed by atoms with van der Waals surface area (Å²) in [5, 5.41) is 9.91. The summed E-state index contributed by atoms with van der Waals surface area (Å²) in [4.78, 5) is 2.34. The molecular weight excluding hydrogens is 352 g/mol. The van der Waals surface area contributed by atoms with Crippen molar-refractivity contribution >= 4 is 17.4 Å². The van der Waals surface area contributed by atoms with Crippen molar-refractivity contribution in [2.24, 2.45) is 0 Å². The monoisotopic (exact) mass is 380 g/mol. The largest absolute Gasteiger partial charge is 0.372 e. The summed E-state index contributed by atoms with van der Waals surface area (Å²) in [5.74, 6) is 1.84. The third kappa shape index (κ3) is 4.53. The Labute approximate surface area is 166 Å². The summed E-state index contributed by atoms with van der Waals surface area (Å²) in [6.07, 6.45) is 0. The number of hydrogen-bond acceptors (Lipinski definition) is 4. The van der Waals surface area contributed by atoms with Crippen LogP contribution in [0.1, 0.15) is 31.9 Å². The van der Waals surface area contributed by atoms with Crippen LogP contribution in [0, 0.1) is 6.92 Å². The van der Waals surface area contributed by atoms with Gasteiger partial charge >= 0.3 is 0 Å². The number of nitrogens with zero attached hydrogens (tertiary/aromatic N) is 4. The Morgan fingerprint density at radius 2 is 1.70 bits per heavy atom. The van der Waals surface area contributed by atoms with Crippen molar-refractivity contribution in [3.8, 4) is 11.4 Å². The predicted octanol–water partition coefficient (Wildman–Crippen LogP) is 5.41. The summed E-state index contributed by atoms with van der Waals surface area (Å²) in [7, 11) is 0. The topological polar surface area (TPSA) is 34.0 Å². The third-order valence-corrected chi connectivity index (χ3v) is 5.78. The van der Waals surface area contributed by atoms with Gasteiger partial charge in [0.25, 0.3) is 0 Å². The van der Waals surface area contributed by atoms with E-state index in [9.17, 15) is 0 Å². The fourth-order valence-corrected chi connectivity index (χ4v) is 4.20. The van der Waals surface area contributed by atoms with E-state index in [0.717, 1.165) is 41.9 Å². The maximum Gasteiger partial charge on any atom is 0.191 e. The van der Waals surface area contributed by atoms with Gasteiger partial charge in [-0.2, -0.15) is 0 Å². The van der Waals surface area contributed by atoms with Gasteiger partial charge in [-0.05, 0) is 57.5 Å². The molecular formula is C22H28N4S. The molecule has 0 aliphatic rings.